The van der Waals surface area contributed by atoms with Crippen LogP contribution >= 0.6 is 0 Å². The van der Waals surface area contributed by atoms with Crippen molar-refractivity contribution in [1.82, 2.24) is 5.32 Å². The molecule has 0 aromatic carbocycles. The molecule has 4 unspecified atom stereocenters. The highest BCUT2D eigenvalue weighted by Crippen LogP contribution is 2.11. The fraction of sp³-hybridized carbons (Fsp3) is 0.719. The summed E-state index contributed by atoms with van der Waals surface area (Å²) in [6.07, 6.45) is 28.5. The monoisotopic (exact) mass is 535 g/mol. The summed E-state index contributed by atoms with van der Waals surface area (Å²) in [5.41, 5.74) is 0. The summed E-state index contributed by atoms with van der Waals surface area (Å²) in [5.74, 6) is -0.621. The zero-order valence-electron chi connectivity index (χ0n) is 24.1. The van der Waals surface area contributed by atoms with Gasteiger partial charge in [0.25, 0.3) is 0 Å². The Bertz CT molecular complexity index is 658. The van der Waals surface area contributed by atoms with E-state index in [0.717, 1.165) is 70.6 Å². The van der Waals surface area contributed by atoms with Crippen LogP contribution in [0.1, 0.15) is 117 Å². The standard InChI is InChI=1S/C32H57NO5/c1-3-5-7-9-11-13-14-15-16-18-19-21-23-25-29(35)31(37)28(27-34)33-32(38)30(36)26-24-22-20-17-12-10-8-6-4-2/h5,7,10,12-14,18-19,28-31,34-37H,3-4,6,8-9,11,15-17,20-27H2,1-2H3,(H,33,38)/b7-5+,12-10-,14-13+,19-18+. The maximum Gasteiger partial charge on any atom is 0.249 e. The molecule has 0 bridgehead atoms. The second-order valence-corrected chi connectivity index (χ2v) is 10.0. The zero-order valence-corrected chi connectivity index (χ0v) is 24.1. The van der Waals surface area contributed by atoms with Crippen molar-refractivity contribution < 1.29 is 25.2 Å². The molecule has 5 N–H and O–H groups in total. The first kappa shape index (κ1) is 36.3. The van der Waals surface area contributed by atoms with Gasteiger partial charge >= 0.3 is 0 Å². The summed E-state index contributed by atoms with van der Waals surface area (Å²) < 4.78 is 0. The second-order valence-electron chi connectivity index (χ2n) is 10.0. The quantitative estimate of drug-likeness (QED) is 0.0722. The van der Waals surface area contributed by atoms with Crippen LogP contribution in [0.5, 0.6) is 0 Å². The third-order valence-corrected chi connectivity index (χ3v) is 6.48. The Morgan fingerprint density at radius 2 is 1.18 bits per heavy atom. The highest BCUT2D eigenvalue weighted by molar-refractivity contribution is 5.80. The van der Waals surface area contributed by atoms with E-state index in [1.165, 1.54) is 12.8 Å². The molecule has 0 saturated heterocycles. The van der Waals surface area contributed by atoms with E-state index in [0.29, 0.717) is 19.3 Å². The lowest BCUT2D eigenvalue weighted by Gasteiger charge is -2.27. The van der Waals surface area contributed by atoms with E-state index in [9.17, 15) is 25.2 Å². The predicted octanol–water partition coefficient (Wildman–Crippen LogP) is 6.05. The van der Waals surface area contributed by atoms with Gasteiger partial charge < -0.3 is 25.7 Å². The molecule has 6 nitrogen and oxygen atoms in total. The van der Waals surface area contributed by atoms with Crippen molar-refractivity contribution in [1.29, 1.82) is 0 Å². The van der Waals surface area contributed by atoms with Crippen LogP contribution < -0.4 is 5.32 Å². The fourth-order valence-electron chi connectivity index (χ4n) is 4.01. The number of aliphatic hydroxyl groups is 4. The summed E-state index contributed by atoms with van der Waals surface area (Å²) in [5, 5.41) is 43.0. The molecule has 0 rings (SSSR count). The smallest absolute Gasteiger partial charge is 0.249 e. The molecule has 0 heterocycles. The third-order valence-electron chi connectivity index (χ3n) is 6.48. The van der Waals surface area contributed by atoms with Gasteiger partial charge in [0.2, 0.25) is 5.91 Å². The van der Waals surface area contributed by atoms with E-state index in [4.69, 9.17) is 0 Å². The maximum absolute atomic E-state index is 12.3. The topological polar surface area (TPSA) is 110 Å². The molecule has 4 atom stereocenters. The van der Waals surface area contributed by atoms with Crippen LogP contribution in [0, 0.1) is 0 Å². The third kappa shape index (κ3) is 21.2. The average Bonchev–Trinajstić information content (AvgIpc) is 2.92. The second kappa shape index (κ2) is 26.9. The van der Waals surface area contributed by atoms with Crippen molar-refractivity contribution in [3.8, 4) is 0 Å². The van der Waals surface area contributed by atoms with E-state index in [1.807, 2.05) is 0 Å². The molecule has 0 fully saturated rings. The first-order valence-electron chi connectivity index (χ1n) is 15.0. The minimum Gasteiger partial charge on any atom is -0.394 e. The first-order chi connectivity index (χ1) is 18.5. The summed E-state index contributed by atoms with van der Waals surface area (Å²) in [6.45, 7) is 3.80. The Labute approximate surface area is 232 Å². The van der Waals surface area contributed by atoms with E-state index in [-0.39, 0.29) is 0 Å². The van der Waals surface area contributed by atoms with Gasteiger partial charge in [-0.25, -0.2) is 0 Å². The van der Waals surface area contributed by atoms with E-state index in [2.05, 4.69) is 67.8 Å². The van der Waals surface area contributed by atoms with Crippen molar-refractivity contribution in [2.24, 2.45) is 0 Å². The number of hydrogen-bond acceptors (Lipinski definition) is 5. The number of aliphatic hydroxyl groups excluding tert-OH is 4. The molecule has 0 aliphatic rings. The predicted molar refractivity (Wildman–Crippen MR) is 159 cm³/mol. The van der Waals surface area contributed by atoms with Crippen molar-refractivity contribution in [3.05, 3.63) is 48.6 Å². The van der Waals surface area contributed by atoms with Crippen LogP contribution in [0.3, 0.4) is 0 Å². The van der Waals surface area contributed by atoms with Gasteiger partial charge in [-0.3, -0.25) is 4.79 Å². The van der Waals surface area contributed by atoms with Gasteiger partial charge in [0, 0.05) is 0 Å². The molecule has 0 aliphatic heterocycles. The number of hydrogen-bond donors (Lipinski definition) is 5. The largest absolute Gasteiger partial charge is 0.394 e. The van der Waals surface area contributed by atoms with E-state index >= 15 is 0 Å². The minimum absolute atomic E-state index is 0.334. The van der Waals surface area contributed by atoms with Gasteiger partial charge in [-0.2, -0.15) is 0 Å². The van der Waals surface area contributed by atoms with Crippen molar-refractivity contribution in [2.45, 2.75) is 141 Å². The van der Waals surface area contributed by atoms with E-state index in [1.54, 1.807) is 0 Å². The lowest BCUT2D eigenvalue weighted by molar-refractivity contribution is -0.132. The summed E-state index contributed by atoms with van der Waals surface area (Å²) in [4.78, 5) is 12.3. The molecule has 0 saturated carbocycles. The van der Waals surface area contributed by atoms with Gasteiger partial charge in [-0.1, -0.05) is 88.1 Å². The number of nitrogens with one attached hydrogen (secondary N) is 1. The SMILES string of the molecule is CC/C=C/CC/C=C/CC/C=C/CCCC(O)C(O)C(CO)NC(=O)C(O)CCCCC/C=C\CCCC. The Morgan fingerprint density at radius 1 is 0.658 bits per heavy atom. The molecule has 1 amide bonds. The summed E-state index contributed by atoms with van der Waals surface area (Å²) in [7, 11) is 0. The number of rotatable bonds is 25. The number of carbonyl (C=O) groups excluding carboxylic acids is 1. The molecule has 38 heavy (non-hydrogen) atoms. The number of unbranched alkanes of at least 4 members (excludes halogenated alkanes) is 8. The molecule has 0 aromatic heterocycles. The zero-order chi connectivity index (χ0) is 28.3. The molecule has 220 valence electrons. The lowest BCUT2D eigenvalue weighted by atomic mass is 10.00. The maximum atomic E-state index is 12.3. The lowest BCUT2D eigenvalue weighted by Crippen LogP contribution is -2.53. The fourth-order valence-corrected chi connectivity index (χ4v) is 4.01. The van der Waals surface area contributed by atoms with Crippen molar-refractivity contribution in [2.75, 3.05) is 6.61 Å². The van der Waals surface area contributed by atoms with Crippen molar-refractivity contribution in [3.63, 3.8) is 0 Å². The van der Waals surface area contributed by atoms with Crippen molar-refractivity contribution >= 4 is 5.91 Å². The Balaban J connectivity index is 4.06. The Hall–Kier alpha value is -1.73. The molecule has 0 spiro atoms. The normalized spacial score (nSPS) is 15.6. The number of amides is 1. The summed E-state index contributed by atoms with van der Waals surface area (Å²) in [6, 6.07) is -1.01. The van der Waals surface area contributed by atoms with Crippen LogP contribution in [0.15, 0.2) is 48.6 Å². The first-order valence-corrected chi connectivity index (χ1v) is 15.0. The van der Waals surface area contributed by atoms with E-state index < -0.39 is 36.9 Å². The van der Waals surface area contributed by atoms with Gasteiger partial charge in [0.05, 0.1) is 18.8 Å². The summed E-state index contributed by atoms with van der Waals surface area (Å²) >= 11 is 0. The van der Waals surface area contributed by atoms with Crippen LogP contribution in [-0.2, 0) is 4.79 Å². The molecule has 0 aromatic rings. The van der Waals surface area contributed by atoms with Crippen LogP contribution in [-0.4, -0.2) is 57.3 Å². The molecule has 0 radical (unpaired) electrons. The van der Waals surface area contributed by atoms with Crippen LogP contribution in [0.2, 0.25) is 0 Å². The number of carbonyl (C=O) groups is 1. The molecule has 0 aliphatic carbocycles. The van der Waals surface area contributed by atoms with Gasteiger partial charge in [0.1, 0.15) is 12.2 Å². The average molecular weight is 536 g/mol. The van der Waals surface area contributed by atoms with Gasteiger partial charge in [-0.15, -0.1) is 0 Å². The molecular weight excluding hydrogens is 478 g/mol. The van der Waals surface area contributed by atoms with Gasteiger partial charge in [-0.05, 0) is 77.0 Å². The molecule has 6 heteroatoms. The number of allylic oxidation sites excluding steroid dienone is 8. The van der Waals surface area contributed by atoms with Gasteiger partial charge in [0.15, 0.2) is 0 Å². The Kier molecular flexibility index (Phi) is 25.6. The highest BCUT2D eigenvalue weighted by Gasteiger charge is 2.28. The molecular formula is C32H57NO5. The van der Waals surface area contributed by atoms with Crippen LogP contribution in [0.25, 0.3) is 0 Å². The Morgan fingerprint density at radius 3 is 1.74 bits per heavy atom. The minimum atomic E-state index is -1.29. The van der Waals surface area contributed by atoms with Crippen LogP contribution in [0.4, 0.5) is 0 Å². The highest BCUT2D eigenvalue weighted by atomic mass is 16.3.